The van der Waals surface area contributed by atoms with Gasteiger partial charge in [-0.2, -0.15) is 0 Å². The number of methoxy groups -OCH3 is 1. The number of aryl methyl sites for hydroxylation is 1. The number of benzene rings is 1. The molecule has 0 saturated heterocycles. The number of Topliss-reactive ketones (excluding diaryl/α,β-unsaturated/α-hetero) is 1. The van der Waals surface area contributed by atoms with Crippen molar-refractivity contribution in [2.45, 2.75) is 13.3 Å². The van der Waals surface area contributed by atoms with Gasteiger partial charge < -0.3 is 4.74 Å². The van der Waals surface area contributed by atoms with Crippen molar-refractivity contribution in [3.8, 4) is 5.75 Å². The van der Waals surface area contributed by atoms with Crippen LogP contribution in [0, 0.1) is 6.92 Å². The van der Waals surface area contributed by atoms with Gasteiger partial charge in [0.15, 0.2) is 5.78 Å². The van der Waals surface area contributed by atoms with E-state index in [0.717, 1.165) is 21.5 Å². The smallest absolute Gasteiger partial charge is 0.169 e. The molecule has 98 valence electrons. The lowest BCUT2D eigenvalue weighted by Gasteiger charge is -2.07. The van der Waals surface area contributed by atoms with Gasteiger partial charge in [0.2, 0.25) is 0 Å². The van der Waals surface area contributed by atoms with Gasteiger partial charge in [0, 0.05) is 23.9 Å². The van der Waals surface area contributed by atoms with Crippen molar-refractivity contribution < 1.29 is 9.53 Å². The predicted octanol–water partition coefficient (Wildman–Crippen LogP) is 3.59. The first kappa shape index (κ1) is 13.7. The molecule has 1 aromatic heterocycles. The SMILES string of the molecule is COc1ccc(CC(=O)c2cccnc2C)cc1Br. The summed E-state index contributed by atoms with van der Waals surface area (Å²) in [5.74, 6) is 0.830. The Labute approximate surface area is 120 Å². The summed E-state index contributed by atoms with van der Waals surface area (Å²) in [5, 5.41) is 0. The van der Waals surface area contributed by atoms with Gasteiger partial charge in [-0.25, -0.2) is 0 Å². The molecule has 0 atom stereocenters. The lowest BCUT2D eigenvalue weighted by Crippen LogP contribution is -2.06. The first-order valence-electron chi connectivity index (χ1n) is 5.89. The van der Waals surface area contributed by atoms with Gasteiger partial charge in [0.05, 0.1) is 11.6 Å². The largest absolute Gasteiger partial charge is 0.496 e. The van der Waals surface area contributed by atoms with Crippen molar-refractivity contribution >= 4 is 21.7 Å². The van der Waals surface area contributed by atoms with Crippen LogP contribution in [0.3, 0.4) is 0 Å². The fourth-order valence-electron chi connectivity index (χ4n) is 1.88. The minimum Gasteiger partial charge on any atom is -0.496 e. The number of hydrogen-bond acceptors (Lipinski definition) is 3. The second-order valence-electron chi connectivity index (χ2n) is 4.21. The molecule has 0 aliphatic rings. The maximum Gasteiger partial charge on any atom is 0.169 e. The van der Waals surface area contributed by atoms with Gasteiger partial charge in [-0.1, -0.05) is 6.07 Å². The van der Waals surface area contributed by atoms with Crippen molar-refractivity contribution in [1.29, 1.82) is 0 Å². The van der Waals surface area contributed by atoms with Crippen LogP contribution in [-0.4, -0.2) is 17.9 Å². The summed E-state index contributed by atoms with van der Waals surface area (Å²) in [6, 6.07) is 9.24. The third-order valence-electron chi connectivity index (χ3n) is 2.89. The highest BCUT2D eigenvalue weighted by atomic mass is 79.9. The number of nitrogens with zero attached hydrogens (tertiary/aromatic N) is 1. The minimum absolute atomic E-state index is 0.0719. The number of ketones is 1. The second-order valence-corrected chi connectivity index (χ2v) is 5.06. The second kappa shape index (κ2) is 5.97. The normalized spacial score (nSPS) is 10.3. The zero-order valence-electron chi connectivity index (χ0n) is 10.8. The predicted molar refractivity (Wildman–Crippen MR) is 77.7 cm³/mol. The number of halogens is 1. The van der Waals surface area contributed by atoms with Crippen LogP contribution in [0.1, 0.15) is 21.6 Å². The third kappa shape index (κ3) is 3.20. The Morgan fingerprint density at radius 1 is 1.37 bits per heavy atom. The van der Waals surface area contributed by atoms with Gasteiger partial charge >= 0.3 is 0 Å². The van der Waals surface area contributed by atoms with Crippen LogP contribution in [0.4, 0.5) is 0 Å². The zero-order valence-corrected chi connectivity index (χ0v) is 12.4. The van der Waals surface area contributed by atoms with Gasteiger partial charge in [0.25, 0.3) is 0 Å². The average molecular weight is 320 g/mol. The van der Waals surface area contributed by atoms with Gasteiger partial charge in [-0.05, 0) is 52.7 Å². The molecule has 0 amide bonds. The molecule has 0 unspecified atom stereocenters. The first-order chi connectivity index (χ1) is 9.11. The maximum absolute atomic E-state index is 12.2. The summed E-state index contributed by atoms with van der Waals surface area (Å²) in [6.45, 7) is 1.84. The fourth-order valence-corrected chi connectivity index (χ4v) is 2.47. The number of carbonyl (C=O) groups excluding carboxylic acids is 1. The van der Waals surface area contributed by atoms with Crippen LogP contribution >= 0.6 is 15.9 Å². The molecule has 1 heterocycles. The van der Waals surface area contributed by atoms with Crippen molar-refractivity contribution in [1.82, 2.24) is 4.98 Å². The van der Waals surface area contributed by atoms with Gasteiger partial charge in [-0.15, -0.1) is 0 Å². The van der Waals surface area contributed by atoms with Gasteiger partial charge in [-0.3, -0.25) is 9.78 Å². The molecule has 3 nitrogen and oxygen atoms in total. The lowest BCUT2D eigenvalue weighted by molar-refractivity contribution is 0.0992. The zero-order chi connectivity index (χ0) is 13.8. The molecule has 2 aromatic rings. The molecule has 0 aliphatic heterocycles. The van der Waals surface area contributed by atoms with Crippen LogP contribution in [0.5, 0.6) is 5.75 Å². The molecule has 0 saturated carbocycles. The molecule has 0 bridgehead atoms. The monoisotopic (exact) mass is 319 g/mol. The standard InChI is InChI=1S/C15H14BrNO2/c1-10-12(4-3-7-17-10)14(18)9-11-5-6-15(19-2)13(16)8-11/h3-8H,9H2,1-2H3. The Morgan fingerprint density at radius 3 is 2.79 bits per heavy atom. The van der Waals surface area contributed by atoms with E-state index in [1.54, 1.807) is 19.4 Å². The molecule has 0 N–H and O–H groups in total. The molecule has 4 heteroatoms. The molecule has 2 rings (SSSR count). The van der Waals surface area contributed by atoms with E-state index in [4.69, 9.17) is 4.74 Å². The van der Waals surface area contributed by atoms with Crippen LogP contribution in [0.25, 0.3) is 0 Å². The van der Waals surface area contributed by atoms with Crippen molar-refractivity contribution in [2.75, 3.05) is 7.11 Å². The number of carbonyl (C=O) groups is 1. The number of rotatable bonds is 4. The molecule has 1 aromatic carbocycles. The summed E-state index contributed by atoms with van der Waals surface area (Å²) in [6.07, 6.45) is 2.05. The van der Waals surface area contributed by atoms with E-state index in [2.05, 4.69) is 20.9 Å². The van der Waals surface area contributed by atoms with Crippen LogP contribution < -0.4 is 4.74 Å². The Hall–Kier alpha value is -1.68. The molecule has 0 fully saturated rings. The number of aromatic nitrogens is 1. The summed E-state index contributed by atoms with van der Waals surface area (Å²) < 4.78 is 6.02. The Morgan fingerprint density at radius 2 is 2.16 bits per heavy atom. The van der Waals surface area contributed by atoms with Crippen LogP contribution in [0.2, 0.25) is 0 Å². The van der Waals surface area contributed by atoms with Crippen molar-refractivity contribution in [2.24, 2.45) is 0 Å². The molecule has 19 heavy (non-hydrogen) atoms. The Bertz CT molecular complexity index is 611. The van der Waals surface area contributed by atoms with Crippen molar-refractivity contribution in [3.63, 3.8) is 0 Å². The number of ether oxygens (including phenoxy) is 1. The van der Waals surface area contributed by atoms with E-state index in [1.807, 2.05) is 31.2 Å². The molecule has 0 spiro atoms. The molecule has 0 radical (unpaired) electrons. The van der Waals surface area contributed by atoms with Crippen LogP contribution in [-0.2, 0) is 6.42 Å². The summed E-state index contributed by atoms with van der Waals surface area (Å²) in [7, 11) is 1.61. The topological polar surface area (TPSA) is 39.2 Å². The lowest BCUT2D eigenvalue weighted by atomic mass is 10.0. The number of hydrogen-bond donors (Lipinski definition) is 0. The van der Waals surface area contributed by atoms with E-state index < -0.39 is 0 Å². The highest BCUT2D eigenvalue weighted by Crippen LogP contribution is 2.26. The van der Waals surface area contributed by atoms with Gasteiger partial charge in [0.1, 0.15) is 5.75 Å². The summed E-state index contributed by atoms with van der Waals surface area (Å²) in [4.78, 5) is 16.4. The molecule has 0 aliphatic carbocycles. The Kier molecular flexibility index (Phi) is 4.32. The van der Waals surface area contributed by atoms with Crippen LogP contribution in [0.15, 0.2) is 41.0 Å². The highest BCUT2D eigenvalue weighted by Gasteiger charge is 2.11. The molecular formula is C15H14BrNO2. The van der Waals surface area contributed by atoms with E-state index in [-0.39, 0.29) is 5.78 Å². The quantitative estimate of drug-likeness (QED) is 0.808. The minimum atomic E-state index is 0.0719. The average Bonchev–Trinajstić information content (AvgIpc) is 2.39. The molecular weight excluding hydrogens is 306 g/mol. The van der Waals surface area contributed by atoms with E-state index in [1.165, 1.54) is 0 Å². The van der Waals surface area contributed by atoms with E-state index in [0.29, 0.717) is 12.0 Å². The van der Waals surface area contributed by atoms with E-state index >= 15 is 0 Å². The van der Waals surface area contributed by atoms with E-state index in [9.17, 15) is 4.79 Å². The maximum atomic E-state index is 12.2. The van der Waals surface area contributed by atoms with Crippen molar-refractivity contribution in [3.05, 3.63) is 57.8 Å². The summed E-state index contributed by atoms with van der Waals surface area (Å²) in [5.41, 5.74) is 2.38. The fraction of sp³-hybridized carbons (Fsp3) is 0.200. The highest BCUT2D eigenvalue weighted by molar-refractivity contribution is 9.10. The Balaban J connectivity index is 2.20. The first-order valence-corrected chi connectivity index (χ1v) is 6.68. The summed E-state index contributed by atoms with van der Waals surface area (Å²) >= 11 is 3.42. The third-order valence-corrected chi connectivity index (χ3v) is 3.51. The number of pyridine rings is 1.